The second-order valence-corrected chi connectivity index (χ2v) is 6.06. The van der Waals surface area contributed by atoms with Crippen LogP contribution in [-0.4, -0.2) is 19.3 Å². The highest BCUT2D eigenvalue weighted by atomic mass is 32.3. The monoisotopic (exact) mass is 246 g/mol. The smallest absolute Gasteiger partial charge is 0.302 e. The summed E-state index contributed by atoms with van der Waals surface area (Å²) < 4.78 is 33.8. The summed E-state index contributed by atoms with van der Waals surface area (Å²) in [6.07, 6.45) is 0.441. The summed E-state index contributed by atoms with van der Waals surface area (Å²) in [4.78, 5) is 0. The summed E-state index contributed by atoms with van der Waals surface area (Å²) in [5, 5.41) is 9.09. The van der Waals surface area contributed by atoms with Crippen molar-refractivity contribution in [3.8, 4) is 5.75 Å². The van der Waals surface area contributed by atoms with Crippen LogP contribution in [0.2, 0.25) is 0 Å². The predicted octanol–water partition coefficient (Wildman–Crippen LogP) is 2.26. The number of hydrogen-bond donors (Lipinski definition) is 1. The van der Waals surface area contributed by atoms with E-state index in [9.17, 15) is 12.3 Å². The molecule has 0 saturated carbocycles. The third-order valence-corrected chi connectivity index (χ3v) is 3.31. The number of aromatic hydroxyl groups is 1. The van der Waals surface area contributed by atoms with Crippen LogP contribution in [0.3, 0.4) is 0 Å². The van der Waals surface area contributed by atoms with Gasteiger partial charge in [0, 0.05) is 0 Å². The van der Waals surface area contributed by atoms with Crippen molar-refractivity contribution in [3.05, 3.63) is 29.8 Å². The molecule has 1 aromatic carbocycles. The van der Waals surface area contributed by atoms with Gasteiger partial charge in [-0.2, -0.15) is 8.42 Å². The molecule has 5 heteroatoms. The second kappa shape index (κ2) is 4.41. The maximum Gasteiger partial charge on any atom is 0.302 e. The van der Waals surface area contributed by atoms with Gasteiger partial charge in [0.15, 0.2) is 0 Å². The number of rotatable bonds is 4. The van der Waals surface area contributed by atoms with Crippen LogP contribution in [0.4, 0.5) is 3.89 Å². The molecule has 0 heterocycles. The Bertz CT molecular complexity index is 449. The van der Waals surface area contributed by atoms with Gasteiger partial charge in [0.2, 0.25) is 0 Å². The maximum atomic E-state index is 12.6. The Morgan fingerprint density at radius 1 is 1.25 bits per heavy atom. The molecule has 1 aromatic rings. The summed E-state index contributed by atoms with van der Waals surface area (Å²) in [5.41, 5.74) is 0.205. The van der Waals surface area contributed by atoms with E-state index in [1.807, 2.05) is 0 Å². The Kier molecular flexibility index (Phi) is 3.57. The van der Waals surface area contributed by atoms with Gasteiger partial charge in [0.05, 0.1) is 5.75 Å². The number of benzene rings is 1. The minimum atomic E-state index is -4.46. The molecular weight excluding hydrogens is 231 g/mol. The fourth-order valence-electron chi connectivity index (χ4n) is 1.68. The first-order valence-electron chi connectivity index (χ1n) is 4.88. The molecule has 0 spiro atoms. The maximum absolute atomic E-state index is 12.6. The number of phenols is 1. The van der Waals surface area contributed by atoms with E-state index in [1.54, 1.807) is 26.0 Å². The molecule has 0 amide bonds. The minimum Gasteiger partial charge on any atom is -0.508 e. The first-order chi connectivity index (χ1) is 7.18. The van der Waals surface area contributed by atoms with Gasteiger partial charge in [-0.25, -0.2) is 0 Å². The zero-order valence-electron chi connectivity index (χ0n) is 9.27. The van der Waals surface area contributed by atoms with Gasteiger partial charge in [0.1, 0.15) is 5.75 Å². The normalized spacial score (nSPS) is 12.7. The molecule has 0 atom stereocenters. The SMILES string of the molecule is CC(C)(Cc1ccc(O)cc1)CS(=O)(=O)F. The molecule has 3 nitrogen and oxygen atoms in total. The molecule has 0 radical (unpaired) electrons. The topological polar surface area (TPSA) is 54.4 Å². The zero-order valence-corrected chi connectivity index (χ0v) is 10.1. The summed E-state index contributed by atoms with van der Waals surface area (Å²) in [6.45, 7) is 3.38. The zero-order chi connectivity index (χ0) is 12.4. The average molecular weight is 246 g/mol. The second-order valence-electron chi connectivity index (χ2n) is 4.69. The van der Waals surface area contributed by atoms with Crippen molar-refractivity contribution >= 4 is 10.2 Å². The number of halogens is 1. The van der Waals surface area contributed by atoms with E-state index in [0.717, 1.165) is 5.56 Å². The summed E-state index contributed by atoms with van der Waals surface area (Å²) in [7, 11) is -4.46. The third-order valence-electron chi connectivity index (χ3n) is 2.18. The average Bonchev–Trinajstić information content (AvgIpc) is 2.04. The number of hydrogen-bond acceptors (Lipinski definition) is 3. The summed E-state index contributed by atoms with van der Waals surface area (Å²) >= 11 is 0. The first-order valence-corrected chi connectivity index (χ1v) is 6.43. The van der Waals surface area contributed by atoms with E-state index in [-0.39, 0.29) is 5.75 Å². The fourth-order valence-corrected chi connectivity index (χ4v) is 2.72. The standard InChI is InChI=1S/C11H15FO3S/c1-11(2,8-16(12,14)15)7-9-3-5-10(13)6-4-9/h3-6,13H,7-8H2,1-2H3. The molecule has 0 aromatic heterocycles. The van der Waals surface area contributed by atoms with Crippen LogP contribution in [0.25, 0.3) is 0 Å². The van der Waals surface area contributed by atoms with Crippen molar-refractivity contribution in [1.82, 2.24) is 0 Å². The van der Waals surface area contributed by atoms with Crippen LogP contribution < -0.4 is 0 Å². The van der Waals surface area contributed by atoms with Crippen LogP contribution in [0.5, 0.6) is 5.75 Å². The first kappa shape index (κ1) is 13.0. The Balaban J connectivity index is 2.76. The molecule has 0 aliphatic rings. The molecule has 1 rings (SSSR count). The molecule has 16 heavy (non-hydrogen) atoms. The number of phenolic OH excluding ortho intramolecular Hbond substituents is 1. The van der Waals surface area contributed by atoms with Gasteiger partial charge in [-0.15, -0.1) is 3.89 Å². The van der Waals surface area contributed by atoms with Crippen LogP contribution in [0.15, 0.2) is 24.3 Å². The van der Waals surface area contributed by atoms with Crippen molar-refractivity contribution in [1.29, 1.82) is 0 Å². The van der Waals surface area contributed by atoms with Gasteiger partial charge in [0.25, 0.3) is 0 Å². The Morgan fingerprint density at radius 2 is 1.75 bits per heavy atom. The van der Waals surface area contributed by atoms with Crippen molar-refractivity contribution in [3.63, 3.8) is 0 Å². The lowest BCUT2D eigenvalue weighted by molar-refractivity contribution is 0.401. The van der Waals surface area contributed by atoms with Gasteiger partial charge in [-0.3, -0.25) is 0 Å². The highest BCUT2D eigenvalue weighted by Gasteiger charge is 2.26. The van der Waals surface area contributed by atoms with Crippen molar-refractivity contribution < 1.29 is 17.4 Å². The molecule has 0 unspecified atom stereocenters. The Labute approximate surface area is 95.1 Å². The van der Waals surface area contributed by atoms with E-state index < -0.39 is 21.4 Å². The van der Waals surface area contributed by atoms with Gasteiger partial charge in [-0.1, -0.05) is 26.0 Å². The molecule has 0 aliphatic carbocycles. The fraction of sp³-hybridized carbons (Fsp3) is 0.455. The van der Waals surface area contributed by atoms with Crippen LogP contribution in [0.1, 0.15) is 19.4 Å². The molecule has 0 bridgehead atoms. The van der Waals surface area contributed by atoms with Crippen molar-refractivity contribution in [2.45, 2.75) is 20.3 Å². The largest absolute Gasteiger partial charge is 0.508 e. The summed E-state index contributed by atoms with van der Waals surface area (Å²) in [5.74, 6) is -0.347. The van der Waals surface area contributed by atoms with E-state index in [2.05, 4.69) is 0 Å². The molecule has 0 saturated heterocycles. The van der Waals surface area contributed by atoms with E-state index in [0.29, 0.717) is 6.42 Å². The molecule has 90 valence electrons. The van der Waals surface area contributed by atoms with E-state index >= 15 is 0 Å². The molecule has 0 aliphatic heterocycles. The quantitative estimate of drug-likeness (QED) is 0.829. The third kappa shape index (κ3) is 4.61. The van der Waals surface area contributed by atoms with Gasteiger partial charge < -0.3 is 5.11 Å². The van der Waals surface area contributed by atoms with Crippen molar-refractivity contribution in [2.24, 2.45) is 5.41 Å². The van der Waals surface area contributed by atoms with Crippen LogP contribution in [-0.2, 0) is 16.6 Å². The molecular formula is C11H15FO3S. The summed E-state index contributed by atoms with van der Waals surface area (Å²) in [6, 6.07) is 6.44. The Hall–Kier alpha value is -1.10. The van der Waals surface area contributed by atoms with E-state index in [1.165, 1.54) is 12.1 Å². The molecule has 1 N–H and O–H groups in total. The highest BCUT2D eigenvalue weighted by Crippen LogP contribution is 2.25. The lowest BCUT2D eigenvalue weighted by atomic mass is 9.88. The van der Waals surface area contributed by atoms with Gasteiger partial charge in [-0.05, 0) is 29.5 Å². The molecule has 0 fully saturated rings. The van der Waals surface area contributed by atoms with E-state index in [4.69, 9.17) is 5.11 Å². The lowest BCUT2D eigenvalue weighted by Crippen LogP contribution is -2.24. The van der Waals surface area contributed by atoms with Gasteiger partial charge >= 0.3 is 10.2 Å². The predicted molar refractivity (Wildman–Crippen MR) is 60.5 cm³/mol. The minimum absolute atomic E-state index is 0.152. The van der Waals surface area contributed by atoms with Crippen molar-refractivity contribution in [2.75, 3.05) is 5.75 Å². The van der Waals surface area contributed by atoms with Crippen LogP contribution in [0, 0.1) is 5.41 Å². The lowest BCUT2D eigenvalue weighted by Gasteiger charge is -2.22. The Morgan fingerprint density at radius 3 is 2.19 bits per heavy atom. The van der Waals surface area contributed by atoms with Crippen LogP contribution >= 0.6 is 0 Å². The highest BCUT2D eigenvalue weighted by molar-refractivity contribution is 7.86.